The van der Waals surface area contributed by atoms with Gasteiger partial charge in [0.1, 0.15) is 17.0 Å². The van der Waals surface area contributed by atoms with Gasteiger partial charge < -0.3 is 29.9 Å². The summed E-state index contributed by atoms with van der Waals surface area (Å²) in [6.07, 6.45) is 5.20. The summed E-state index contributed by atoms with van der Waals surface area (Å²) in [5.74, 6) is -5.02. The number of alkyl halides is 2. The van der Waals surface area contributed by atoms with Crippen molar-refractivity contribution < 1.29 is 41.6 Å². The number of nitrogens with one attached hydrogen (secondary N) is 3. The van der Waals surface area contributed by atoms with Crippen molar-refractivity contribution in [3.05, 3.63) is 111 Å². The molecule has 10 rings (SSSR count). The molecule has 3 saturated heterocycles. The number of rotatable bonds is 15. The first-order chi connectivity index (χ1) is 35.3. The zero-order valence-corrected chi connectivity index (χ0v) is 42.9. The Bertz CT molecular complexity index is 3130. The predicted molar refractivity (Wildman–Crippen MR) is 279 cm³/mol. The lowest BCUT2D eigenvalue weighted by Gasteiger charge is -2.39. The number of pyridine rings is 1. The van der Waals surface area contributed by atoms with Gasteiger partial charge in [0.2, 0.25) is 5.88 Å². The quantitative estimate of drug-likeness (QED) is 0.0570. The molecule has 3 fully saturated rings. The Labute approximate surface area is 433 Å². The predicted octanol–water partition coefficient (Wildman–Crippen LogP) is 9.32. The van der Waals surface area contributed by atoms with Crippen LogP contribution in [0.4, 0.5) is 37.2 Å². The molecule has 2 bridgehead atoms. The van der Waals surface area contributed by atoms with Gasteiger partial charge in [-0.15, -0.1) is 0 Å². The number of carboxylic acid groups (broad SMARTS) is 1. The molecule has 3 aromatic carbocycles. The number of sulfonamides is 1. The summed E-state index contributed by atoms with van der Waals surface area (Å²) >= 11 is 6.27. The van der Waals surface area contributed by atoms with Crippen molar-refractivity contribution in [1.29, 1.82) is 0 Å². The van der Waals surface area contributed by atoms with Gasteiger partial charge in [-0.3, -0.25) is 29.5 Å². The first-order valence-corrected chi connectivity index (χ1v) is 27.1. The number of carboxylic acids is 1. The number of carbonyl (C=O) groups excluding carboxylic acids is 1. The van der Waals surface area contributed by atoms with E-state index in [1.807, 2.05) is 41.3 Å². The second-order valence-corrected chi connectivity index (χ2v) is 23.2. The number of aliphatic carboxylic acids is 1. The zero-order valence-electron chi connectivity index (χ0n) is 41.3. The van der Waals surface area contributed by atoms with E-state index in [1.165, 1.54) is 22.8 Å². The first-order valence-electron chi connectivity index (χ1n) is 25.2. The maximum Gasteiger partial charge on any atom is 0.303 e. The molecule has 21 heteroatoms. The summed E-state index contributed by atoms with van der Waals surface area (Å²) in [5, 5.41) is 26.1. The fraction of sp³-hybridized carbons (Fsp3) is 0.453. The summed E-state index contributed by atoms with van der Waals surface area (Å²) in [6.45, 7) is 9.36. The van der Waals surface area contributed by atoms with Gasteiger partial charge in [0.25, 0.3) is 27.5 Å². The topological polar surface area (TPSA) is 207 Å². The van der Waals surface area contributed by atoms with E-state index in [9.17, 15) is 33.2 Å². The smallest absolute Gasteiger partial charge is 0.303 e. The largest absolute Gasteiger partial charge is 0.481 e. The number of benzene rings is 3. The van der Waals surface area contributed by atoms with Crippen LogP contribution in [0.15, 0.2) is 89.5 Å². The fourth-order valence-electron chi connectivity index (χ4n) is 11.7. The van der Waals surface area contributed by atoms with Gasteiger partial charge in [-0.25, -0.2) is 21.9 Å². The van der Waals surface area contributed by atoms with Crippen molar-refractivity contribution in [3.63, 3.8) is 0 Å². The number of nitro groups is 1. The number of nitro benzene ring substituents is 1. The molecule has 4 N–H and O–H groups in total. The van der Waals surface area contributed by atoms with Gasteiger partial charge in [-0.1, -0.05) is 43.2 Å². The maximum atomic E-state index is 15.0. The van der Waals surface area contributed by atoms with E-state index < -0.39 is 61.8 Å². The molecule has 1 aliphatic carbocycles. The summed E-state index contributed by atoms with van der Waals surface area (Å²) < 4.78 is 66.5. The van der Waals surface area contributed by atoms with Crippen molar-refractivity contribution in [3.8, 4) is 5.88 Å². The zero-order chi connectivity index (χ0) is 52.1. The van der Waals surface area contributed by atoms with Crippen LogP contribution in [0.1, 0.15) is 81.1 Å². The van der Waals surface area contributed by atoms with Crippen LogP contribution >= 0.6 is 11.6 Å². The van der Waals surface area contributed by atoms with Gasteiger partial charge in [0.15, 0.2) is 0 Å². The molecule has 3 atom stereocenters. The number of anilines is 4. The van der Waals surface area contributed by atoms with E-state index in [1.54, 1.807) is 17.2 Å². The second-order valence-electron chi connectivity index (χ2n) is 21.1. The molecule has 5 aromatic rings. The number of halogens is 3. The minimum Gasteiger partial charge on any atom is -0.481 e. The first kappa shape index (κ1) is 51.1. The van der Waals surface area contributed by atoms with E-state index in [0.717, 1.165) is 62.1 Å². The van der Waals surface area contributed by atoms with Crippen molar-refractivity contribution in [1.82, 2.24) is 24.5 Å². The lowest BCUT2D eigenvalue weighted by molar-refractivity contribution is -0.384. The normalized spacial score (nSPS) is 22.0. The number of H-pyrrole nitrogens is 1. The van der Waals surface area contributed by atoms with Crippen LogP contribution in [0.2, 0.25) is 5.02 Å². The van der Waals surface area contributed by atoms with Crippen LogP contribution in [0, 0.1) is 21.4 Å². The number of ether oxygens (including phenoxy) is 1. The lowest BCUT2D eigenvalue weighted by atomic mass is 9.72. The Morgan fingerprint density at radius 2 is 1.78 bits per heavy atom. The van der Waals surface area contributed by atoms with Gasteiger partial charge in [-0.2, -0.15) is 4.98 Å². The average molecular weight is 1060 g/mol. The molecule has 0 saturated carbocycles. The molecule has 0 radical (unpaired) electrons. The standard InChI is InChI=1S/C53H60ClF2N9O8S/c1-52(2)14-12-36(42(31-52)34-4-6-37(54)7-5-34)32-61-19-21-62(22-20-61)38-8-10-41(44(28-38)64-17-3-23-73-51-46(64)27-35-13-15-58-49(35)59-51)50(68)60-74(71,72)40-9-11-43(45(29-40)65(69)70)57-16-18-63-39-24-33(26-48(66)67)25-47(63)53(55,56)30-39/h4-11,13,15,27-29,33,39,47,57H,3,12,14,16-26,30-32H2,1-2H3,(H,58,59)(H,60,68)(H,66,67)/t33-,39?,47?/m0/s1. The molecule has 74 heavy (non-hydrogen) atoms. The van der Waals surface area contributed by atoms with Crippen LogP contribution in [-0.4, -0.2) is 127 Å². The summed E-state index contributed by atoms with van der Waals surface area (Å²) in [7, 11) is -4.72. The third-order valence-corrected chi connectivity index (χ3v) is 17.0. The summed E-state index contributed by atoms with van der Waals surface area (Å²) in [6, 6.07) is 18.8. The van der Waals surface area contributed by atoms with E-state index in [2.05, 4.69) is 50.8 Å². The Hall–Kier alpha value is -6.35. The van der Waals surface area contributed by atoms with Gasteiger partial charge >= 0.3 is 5.97 Å². The fourth-order valence-corrected chi connectivity index (χ4v) is 12.8. The van der Waals surface area contributed by atoms with E-state index >= 15 is 8.78 Å². The number of carbonyl (C=O) groups is 2. The molecule has 4 aliphatic heterocycles. The van der Waals surface area contributed by atoms with E-state index in [0.29, 0.717) is 67.0 Å². The summed E-state index contributed by atoms with van der Waals surface area (Å²) in [5.41, 5.74) is 6.13. The van der Waals surface area contributed by atoms with Gasteiger partial charge in [0, 0.05) is 99.6 Å². The number of aromatic nitrogens is 2. The third-order valence-electron chi connectivity index (χ3n) is 15.5. The number of piperidine rings is 1. The van der Waals surface area contributed by atoms with Gasteiger partial charge in [-0.05, 0) is 116 Å². The maximum absolute atomic E-state index is 15.0. The Balaban J connectivity index is 0.881. The number of amides is 1. The highest BCUT2D eigenvalue weighted by molar-refractivity contribution is 7.90. The van der Waals surface area contributed by atoms with Crippen molar-refractivity contribution in [2.45, 2.75) is 88.1 Å². The highest BCUT2D eigenvalue weighted by Gasteiger charge is 2.57. The number of nitrogens with zero attached hydrogens (tertiary/aromatic N) is 6. The molecular formula is C53H60ClF2N9O8S. The molecule has 1 amide bonds. The molecule has 392 valence electrons. The Morgan fingerprint density at radius 1 is 1.00 bits per heavy atom. The Morgan fingerprint density at radius 3 is 2.53 bits per heavy atom. The Kier molecular flexibility index (Phi) is 14.1. The molecular weight excluding hydrogens is 996 g/mol. The number of aromatic amines is 1. The number of allylic oxidation sites excluding steroid dienone is 1. The molecule has 6 heterocycles. The van der Waals surface area contributed by atoms with E-state index in [-0.39, 0.29) is 48.5 Å². The van der Waals surface area contributed by atoms with E-state index in [4.69, 9.17) is 21.3 Å². The number of fused-ring (bicyclic) bond motifs is 4. The van der Waals surface area contributed by atoms with Crippen LogP contribution in [0.3, 0.4) is 0 Å². The minimum atomic E-state index is -4.72. The van der Waals surface area contributed by atoms with Crippen molar-refractivity contribution >= 4 is 78.5 Å². The lowest BCUT2D eigenvalue weighted by Crippen LogP contribution is -2.48. The van der Waals surface area contributed by atoms with Crippen molar-refractivity contribution in [2.24, 2.45) is 11.3 Å². The average Bonchev–Trinajstić information content (AvgIpc) is 3.79. The second kappa shape index (κ2) is 20.4. The molecule has 0 spiro atoms. The van der Waals surface area contributed by atoms with Crippen LogP contribution in [0.25, 0.3) is 16.6 Å². The van der Waals surface area contributed by atoms with Crippen LogP contribution < -0.4 is 24.6 Å². The van der Waals surface area contributed by atoms with Crippen molar-refractivity contribution in [2.75, 3.05) is 74.1 Å². The van der Waals surface area contributed by atoms with Gasteiger partial charge in [0.05, 0.1) is 33.7 Å². The highest BCUT2D eigenvalue weighted by atomic mass is 35.5. The summed E-state index contributed by atoms with van der Waals surface area (Å²) in [4.78, 5) is 53.1. The van der Waals surface area contributed by atoms with Crippen LogP contribution in [0.5, 0.6) is 5.88 Å². The monoisotopic (exact) mass is 1060 g/mol. The molecule has 2 aromatic heterocycles. The molecule has 5 aliphatic rings. The SMILES string of the molecule is CC1(C)CCC(CN2CCN(c3ccc(C(=O)NS(=O)(=O)c4ccc(NCCN5C6C[C@H](CC(=O)O)CC5C(F)(F)C6)c([N+](=O)[O-])c4)c(N4CCCOc5nc6[nH]ccc6cc54)c3)CC2)=C(c2ccc(Cl)cc2)C1. The molecule has 2 unspecified atom stereocenters. The van der Waals surface area contributed by atoms with Crippen LogP contribution in [-0.2, 0) is 14.8 Å². The highest BCUT2D eigenvalue weighted by Crippen LogP contribution is 2.49. The number of piperazine rings is 1. The minimum absolute atomic E-state index is 0.0173. The third kappa shape index (κ3) is 10.8. The molecule has 17 nitrogen and oxygen atoms in total. The number of hydrogen-bond acceptors (Lipinski definition) is 13. The number of hydrogen-bond donors (Lipinski definition) is 4.